The first-order valence-electron chi connectivity index (χ1n) is 5.35. The summed E-state index contributed by atoms with van der Waals surface area (Å²) in [6.45, 7) is 1.65. The molecule has 0 aromatic rings. The normalized spacial score (nSPS) is 30.1. The molecule has 0 aromatic carbocycles. The standard InChI is InChI=1S/C10H18N2O2/c11-7-10(3-1-4-10)9(14)12-5-2-8(13)6-12/h8,13H,1-7,11H2. The quantitative estimate of drug-likeness (QED) is 0.640. The highest BCUT2D eigenvalue weighted by Gasteiger charge is 2.46. The Morgan fingerprint density at radius 2 is 2.29 bits per heavy atom. The summed E-state index contributed by atoms with van der Waals surface area (Å²) in [5.41, 5.74) is 5.39. The van der Waals surface area contributed by atoms with Gasteiger partial charge in [-0.25, -0.2) is 0 Å². The van der Waals surface area contributed by atoms with Gasteiger partial charge in [0.2, 0.25) is 5.91 Å². The summed E-state index contributed by atoms with van der Waals surface area (Å²) < 4.78 is 0. The minimum Gasteiger partial charge on any atom is -0.391 e. The Morgan fingerprint density at radius 3 is 2.64 bits per heavy atom. The molecular weight excluding hydrogens is 180 g/mol. The molecule has 0 aromatic heterocycles. The summed E-state index contributed by atoms with van der Waals surface area (Å²) in [4.78, 5) is 13.8. The zero-order valence-corrected chi connectivity index (χ0v) is 8.41. The van der Waals surface area contributed by atoms with Crippen molar-refractivity contribution in [2.45, 2.75) is 31.8 Å². The minimum atomic E-state index is -0.325. The number of carbonyl (C=O) groups is 1. The van der Waals surface area contributed by atoms with Gasteiger partial charge in [0.1, 0.15) is 0 Å². The van der Waals surface area contributed by atoms with Gasteiger partial charge in [0, 0.05) is 19.6 Å². The summed E-state index contributed by atoms with van der Waals surface area (Å²) >= 11 is 0. The second kappa shape index (κ2) is 3.51. The Morgan fingerprint density at radius 1 is 1.57 bits per heavy atom. The molecule has 1 saturated carbocycles. The van der Waals surface area contributed by atoms with Gasteiger partial charge in [-0.3, -0.25) is 4.79 Å². The number of aliphatic hydroxyl groups is 1. The van der Waals surface area contributed by atoms with E-state index in [2.05, 4.69) is 0 Å². The van der Waals surface area contributed by atoms with Gasteiger partial charge in [-0.1, -0.05) is 6.42 Å². The maximum atomic E-state index is 12.1. The molecular formula is C10H18N2O2. The number of nitrogens with two attached hydrogens (primary N) is 1. The molecule has 0 spiro atoms. The summed E-state index contributed by atoms with van der Waals surface area (Å²) in [5, 5.41) is 9.35. The Balaban J connectivity index is 2.00. The highest BCUT2D eigenvalue weighted by Crippen LogP contribution is 2.42. The second-order valence-electron chi connectivity index (χ2n) is 4.53. The fraction of sp³-hybridized carbons (Fsp3) is 0.900. The van der Waals surface area contributed by atoms with Crippen LogP contribution in [0.3, 0.4) is 0 Å². The van der Waals surface area contributed by atoms with E-state index in [1.165, 1.54) is 0 Å². The number of β-amino-alcohol motifs (C(OH)–C–C–N with tert-alkyl or cyclic N) is 1. The van der Waals surface area contributed by atoms with Gasteiger partial charge < -0.3 is 15.7 Å². The average Bonchev–Trinajstić information content (AvgIpc) is 2.50. The molecule has 1 aliphatic carbocycles. The van der Waals surface area contributed by atoms with E-state index in [0.717, 1.165) is 19.3 Å². The van der Waals surface area contributed by atoms with E-state index in [1.807, 2.05) is 0 Å². The molecule has 1 amide bonds. The Labute approximate surface area is 84.1 Å². The molecule has 2 rings (SSSR count). The van der Waals surface area contributed by atoms with Crippen LogP contribution in [0.5, 0.6) is 0 Å². The zero-order valence-electron chi connectivity index (χ0n) is 8.41. The third-order valence-corrected chi connectivity index (χ3v) is 3.61. The molecule has 80 valence electrons. The summed E-state index contributed by atoms with van der Waals surface area (Å²) in [6, 6.07) is 0. The first-order chi connectivity index (χ1) is 6.68. The van der Waals surface area contributed by atoms with Crippen LogP contribution in [-0.4, -0.2) is 41.7 Å². The topological polar surface area (TPSA) is 66.6 Å². The fourth-order valence-corrected chi connectivity index (χ4v) is 2.37. The lowest BCUT2D eigenvalue weighted by molar-refractivity contribution is -0.145. The number of hydrogen-bond donors (Lipinski definition) is 2. The number of carbonyl (C=O) groups excluding carboxylic acids is 1. The van der Waals surface area contributed by atoms with Gasteiger partial charge in [-0.15, -0.1) is 0 Å². The van der Waals surface area contributed by atoms with Crippen LogP contribution in [0, 0.1) is 5.41 Å². The van der Waals surface area contributed by atoms with Crippen LogP contribution in [0.25, 0.3) is 0 Å². The number of nitrogens with zero attached hydrogens (tertiary/aromatic N) is 1. The minimum absolute atomic E-state index is 0.169. The predicted molar refractivity (Wildman–Crippen MR) is 52.5 cm³/mol. The van der Waals surface area contributed by atoms with E-state index in [1.54, 1.807) is 4.90 Å². The number of rotatable bonds is 2. The highest BCUT2D eigenvalue weighted by molar-refractivity contribution is 5.84. The van der Waals surface area contributed by atoms with Gasteiger partial charge in [-0.2, -0.15) is 0 Å². The van der Waals surface area contributed by atoms with Crippen LogP contribution in [0.1, 0.15) is 25.7 Å². The Bertz CT molecular complexity index is 233. The predicted octanol–water partition coefficient (Wildman–Crippen LogP) is -0.291. The van der Waals surface area contributed by atoms with E-state index in [0.29, 0.717) is 26.1 Å². The van der Waals surface area contributed by atoms with Gasteiger partial charge in [0.05, 0.1) is 11.5 Å². The molecule has 14 heavy (non-hydrogen) atoms. The maximum absolute atomic E-state index is 12.1. The van der Waals surface area contributed by atoms with E-state index < -0.39 is 0 Å². The van der Waals surface area contributed by atoms with Crippen LogP contribution in [0.4, 0.5) is 0 Å². The lowest BCUT2D eigenvalue weighted by Crippen LogP contribution is -2.51. The van der Waals surface area contributed by atoms with Crippen LogP contribution in [0.2, 0.25) is 0 Å². The van der Waals surface area contributed by atoms with E-state index >= 15 is 0 Å². The molecule has 4 nitrogen and oxygen atoms in total. The van der Waals surface area contributed by atoms with Gasteiger partial charge in [0.25, 0.3) is 0 Å². The Kier molecular flexibility index (Phi) is 2.49. The van der Waals surface area contributed by atoms with Crippen LogP contribution in [0.15, 0.2) is 0 Å². The van der Waals surface area contributed by atoms with Crippen molar-refractivity contribution in [3.8, 4) is 0 Å². The van der Waals surface area contributed by atoms with Crippen molar-refractivity contribution < 1.29 is 9.90 Å². The lowest BCUT2D eigenvalue weighted by atomic mass is 9.68. The number of amides is 1. The van der Waals surface area contributed by atoms with E-state index in [-0.39, 0.29) is 17.4 Å². The molecule has 1 aliphatic heterocycles. The van der Waals surface area contributed by atoms with Crippen LogP contribution >= 0.6 is 0 Å². The van der Waals surface area contributed by atoms with E-state index in [9.17, 15) is 9.90 Å². The van der Waals surface area contributed by atoms with Gasteiger partial charge in [0.15, 0.2) is 0 Å². The smallest absolute Gasteiger partial charge is 0.230 e. The molecule has 2 fully saturated rings. The van der Waals surface area contributed by atoms with Crippen molar-refractivity contribution in [1.82, 2.24) is 4.90 Å². The summed E-state index contributed by atoms with van der Waals surface area (Å²) in [7, 11) is 0. The van der Waals surface area contributed by atoms with Crippen molar-refractivity contribution in [3.05, 3.63) is 0 Å². The third-order valence-electron chi connectivity index (χ3n) is 3.61. The third kappa shape index (κ3) is 1.42. The fourth-order valence-electron chi connectivity index (χ4n) is 2.37. The van der Waals surface area contributed by atoms with Crippen LogP contribution < -0.4 is 5.73 Å². The largest absolute Gasteiger partial charge is 0.391 e. The number of likely N-dealkylation sites (tertiary alicyclic amines) is 1. The number of hydrogen-bond acceptors (Lipinski definition) is 3. The van der Waals surface area contributed by atoms with Gasteiger partial charge >= 0.3 is 0 Å². The van der Waals surface area contributed by atoms with Crippen molar-refractivity contribution >= 4 is 5.91 Å². The SMILES string of the molecule is NCC1(C(=O)N2CCC(O)C2)CCC1. The van der Waals surface area contributed by atoms with Crippen molar-refractivity contribution in [2.24, 2.45) is 11.1 Å². The molecule has 3 N–H and O–H groups in total. The molecule has 4 heteroatoms. The maximum Gasteiger partial charge on any atom is 0.230 e. The Hall–Kier alpha value is -0.610. The summed E-state index contributed by atoms with van der Waals surface area (Å²) in [6.07, 6.45) is 3.35. The average molecular weight is 198 g/mol. The summed E-state index contributed by atoms with van der Waals surface area (Å²) in [5.74, 6) is 0.169. The molecule has 1 heterocycles. The molecule has 0 bridgehead atoms. The highest BCUT2D eigenvalue weighted by atomic mass is 16.3. The molecule has 1 atom stereocenters. The monoisotopic (exact) mass is 198 g/mol. The van der Waals surface area contributed by atoms with E-state index in [4.69, 9.17) is 5.73 Å². The molecule has 1 unspecified atom stereocenters. The zero-order chi connectivity index (χ0) is 10.2. The molecule has 0 radical (unpaired) electrons. The van der Waals surface area contributed by atoms with Crippen molar-refractivity contribution in [2.75, 3.05) is 19.6 Å². The molecule has 1 saturated heterocycles. The second-order valence-corrected chi connectivity index (χ2v) is 4.53. The first-order valence-corrected chi connectivity index (χ1v) is 5.35. The van der Waals surface area contributed by atoms with Crippen molar-refractivity contribution in [3.63, 3.8) is 0 Å². The van der Waals surface area contributed by atoms with Crippen LogP contribution in [-0.2, 0) is 4.79 Å². The van der Waals surface area contributed by atoms with Crippen molar-refractivity contribution in [1.29, 1.82) is 0 Å². The number of aliphatic hydroxyl groups excluding tert-OH is 1. The van der Waals surface area contributed by atoms with Gasteiger partial charge in [-0.05, 0) is 19.3 Å². The molecule has 2 aliphatic rings. The first kappa shape index (κ1) is 9.93. The lowest BCUT2D eigenvalue weighted by Gasteiger charge is -2.41.